The van der Waals surface area contributed by atoms with Crippen molar-refractivity contribution in [2.24, 2.45) is 0 Å². The molecule has 0 radical (unpaired) electrons. The Hall–Kier alpha value is -4.92. The highest BCUT2D eigenvalue weighted by atomic mass is 32.1. The van der Waals surface area contributed by atoms with Crippen LogP contribution in [0.15, 0.2) is 109 Å². The molecule has 2 atom stereocenters. The molecule has 0 spiro atoms. The first-order valence-corrected chi connectivity index (χ1v) is 16.9. The Kier molecular flexibility index (Phi) is 9.38. The first-order chi connectivity index (χ1) is 23.6. The van der Waals surface area contributed by atoms with Gasteiger partial charge in [0.05, 0.1) is 0 Å². The maximum Gasteiger partial charge on any atom is 0.334 e. The fourth-order valence-corrected chi connectivity index (χ4v) is 7.03. The molecule has 4 aromatic carbocycles. The maximum atomic E-state index is 14.1. The zero-order valence-electron chi connectivity index (χ0n) is 27.6. The van der Waals surface area contributed by atoms with Gasteiger partial charge in [-0.1, -0.05) is 79.9 Å². The van der Waals surface area contributed by atoms with Crippen LogP contribution in [0.5, 0.6) is 11.5 Å². The molecule has 250 valence electrons. The van der Waals surface area contributed by atoms with Gasteiger partial charge in [0.2, 0.25) is 0 Å². The second-order valence-electron chi connectivity index (χ2n) is 12.6. The van der Waals surface area contributed by atoms with Crippen LogP contribution in [0.25, 0.3) is 11.1 Å². The summed E-state index contributed by atoms with van der Waals surface area (Å²) in [5, 5.41) is 9.83. The van der Waals surface area contributed by atoms with E-state index < -0.39 is 23.1 Å². The minimum Gasteiger partial charge on any atom is -0.456 e. The SMILES string of the molecule is C=C(C)C(=O)OC1(CCCO)c2ccccc2Oc2cc(-c3ccc4c(c3)C(=O)c3ccccc3C4(CCCS)OC(=O)C(=C)C)ccc21. The number of hydrogen-bond acceptors (Lipinski definition) is 8. The van der Waals surface area contributed by atoms with Gasteiger partial charge in [0.25, 0.3) is 0 Å². The number of hydrogen-bond donors (Lipinski definition) is 2. The fourth-order valence-electron chi connectivity index (χ4n) is 6.87. The molecular weight excluding hydrogens is 637 g/mol. The third kappa shape index (κ3) is 5.89. The minimum absolute atomic E-state index is 0.0910. The van der Waals surface area contributed by atoms with Crippen LogP contribution in [-0.4, -0.2) is 35.2 Å². The number of benzene rings is 4. The van der Waals surface area contributed by atoms with Crippen LogP contribution in [0.2, 0.25) is 0 Å². The van der Waals surface area contributed by atoms with Gasteiger partial charge in [0.15, 0.2) is 17.0 Å². The third-order valence-corrected chi connectivity index (χ3v) is 9.52. The van der Waals surface area contributed by atoms with Crippen molar-refractivity contribution in [1.82, 2.24) is 0 Å². The summed E-state index contributed by atoms with van der Waals surface area (Å²) in [5.74, 6) is 0.324. The van der Waals surface area contributed by atoms with E-state index in [1.54, 1.807) is 26.0 Å². The molecule has 8 heteroatoms. The molecule has 2 aliphatic rings. The quantitative estimate of drug-likeness (QED) is 0.0940. The van der Waals surface area contributed by atoms with Gasteiger partial charge in [0, 0.05) is 51.1 Å². The molecule has 0 fully saturated rings. The number of ether oxygens (including phenoxy) is 3. The molecule has 6 rings (SSSR count). The van der Waals surface area contributed by atoms with Crippen molar-refractivity contribution in [2.45, 2.75) is 50.7 Å². The molecule has 2 unspecified atom stereocenters. The molecule has 0 amide bonds. The number of fused-ring (bicyclic) bond motifs is 4. The van der Waals surface area contributed by atoms with Crippen LogP contribution in [0.3, 0.4) is 0 Å². The number of carbonyl (C=O) groups is 3. The number of ketones is 1. The number of aliphatic hydroxyl groups excluding tert-OH is 1. The molecule has 0 bridgehead atoms. The second-order valence-corrected chi connectivity index (χ2v) is 13.0. The Bertz CT molecular complexity index is 2010. The molecule has 1 aliphatic heterocycles. The lowest BCUT2D eigenvalue weighted by Gasteiger charge is -2.40. The molecular formula is C41H38O7S. The Morgan fingerprint density at radius 3 is 1.90 bits per heavy atom. The predicted molar refractivity (Wildman–Crippen MR) is 191 cm³/mol. The van der Waals surface area contributed by atoms with E-state index in [0.717, 1.165) is 11.1 Å². The summed E-state index contributed by atoms with van der Waals surface area (Å²) in [6, 6.07) is 25.9. The summed E-state index contributed by atoms with van der Waals surface area (Å²) >= 11 is 4.45. The van der Waals surface area contributed by atoms with Crippen molar-refractivity contribution < 1.29 is 33.7 Å². The smallest absolute Gasteiger partial charge is 0.334 e. The summed E-state index contributed by atoms with van der Waals surface area (Å²) in [5.41, 5.74) is 3.05. The Morgan fingerprint density at radius 2 is 1.24 bits per heavy atom. The molecule has 49 heavy (non-hydrogen) atoms. The lowest BCUT2D eigenvalue weighted by atomic mass is 9.71. The summed E-state index contributed by atoms with van der Waals surface area (Å²) in [7, 11) is 0. The average Bonchev–Trinajstić information content (AvgIpc) is 3.11. The van der Waals surface area contributed by atoms with E-state index in [1.165, 1.54) is 0 Å². The van der Waals surface area contributed by atoms with Gasteiger partial charge < -0.3 is 19.3 Å². The van der Waals surface area contributed by atoms with E-state index in [2.05, 4.69) is 25.8 Å². The Balaban J connectivity index is 1.50. The van der Waals surface area contributed by atoms with Crippen LogP contribution in [0, 0.1) is 0 Å². The Morgan fingerprint density at radius 1 is 0.714 bits per heavy atom. The maximum absolute atomic E-state index is 14.1. The van der Waals surface area contributed by atoms with Crippen LogP contribution in [0.4, 0.5) is 0 Å². The molecule has 0 aromatic heterocycles. The zero-order chi connectivity index (χ0) is 34.9. The van der Waals surface area contributed by atoms with Gasteiger partial charge in [-0.2, -0.15) is 12.6 Å². The monoisotopic (exact) mass is 674 g/mol. The number of thiol groups is 1. The summed E-state index contributed by atoms with van der Waals surface area (Å²) < 4.78 is 19.0. The molecule has 1 heterocycles. The first kappa shape index (κ1) is 34.0. The van der Waals surface area contributed by atoms with Crippen molar-refractivity contribution in [3.8, 4) is 22.6 Å². The number of aliphatic hydroxyl groups is 1. The normalized spacial score (nSPS) is 18.6. The highest BCUT2D eigenvalue weighted by molar-refractivity contribution is 7.80. The van der Waals surface area contributed by atoms with E-state index in [9.17, 15) is 19.5 Å². The van der Waals surface area contributed by atoms with Crippen molar-refractivity contribution in [2.75, 3.05) is 12.4 Å². The van der Waals surface area contributed by atoms with Gasteiger partial charge in [-0.05, 0) is 74.6 Å². The van der Waals surface area contributed by atoms with Crippen molar-refractivity contribution >= 4 is 30.4 Å². The van der Waals surface area contributed by atoms with Crippen molar-refractivity contribution in [1.29, 1.82) is 0 Å². The fraction of sp³-hybridized carbons (Fsp3) is 0.244. The predicted octanol–water partition coefficient (Wildman–Crippen LogP) is 8.21. The van der Waals surface area contributed by atoms with Gasteiger partial charge >= 0.3 is 11.9 Å². The van der Waals surface area contributed by atoms with Gasteiger partial charge in [-0.15, -0.1) is 0 Å². The van der Waals surface area contributed by atoms with Crippen molar-refractivity contribution in [3.63, 3.8) is 0 Å². The van der Waals surface area contributed by atoms with E-state index in [1.807, 2.05) is 72.8 Å². The lowest BCUT2D eigenvalue weighted by Crippen LogP contribution is -2.40. The number of carbonyl (C=O) groups excluding carboxylic acids is 3. The number of rotatable bonds is 11. The molecule has 0 saturated heterocycles. The standard InChI is InChI=1S/C41H38O7S/c1-25(2)38(44)47-40(20-10-22-49)31-12-6-5-11-29(31)37(43)30-23-27(15-17-32(30)40)28-16-18-34-36(24-28)46-35-14-8-7-13-33(35)41(34,19-9-21-42)48-39(45)26(3)4/h5-8,11-18,23-24,42,49H,1,3,9-10,19-22H2,2,4H3. The lowest BCUT2D eigenvalue weighted by molar-refractivity contribution is -0.154. The zero-order valence-corrected chi connectivity index (χ0v) is 28.5. The minimum atomic E-state index is -1.23. The molecule has 0 saturated carbocycles. The summed E-state index contributed by atoms with van der Waals surface area (Å²) in [4.78, 5) is 40.3. The van der Waals surface area contributed by atoms with E-state index in [0.29, 0.717) is 76.3 Å². The Labute approximate surface area is 291 Å². The van der Waals surface area contributed by atoms with Crippen LogP contribution < -0.4 is 4.74 Å². The van der Waals surface area contributed by atoms with Crippen LogP contribution >= 0.6 is 12.6 Å². The molecule has 7 nitrogen and oxygen atoms in total. The third-order valence-electron chi connectivity index (χ3n) is 9.20. The highest BCUT2D eigenvalue weighted by Gasteiger charge is 2.48. The van der Waals surface area contributed by atoms with E-state index >= 15 is 0 Å². The van der Waals surface area contributed by atoms with Crippen molar-refractivity contribution in [3.05, 3.63) is 143 Å². The summed E-state index contributed by atoms with van der Waals surface area (Å²) in [6.45, 7) is 10.7. The average molecular weight is 675 g/mol. The van der Waals surface area contributed by atoms with E-state index in [-0.39, 0.29) is 23.5 Å². The molecule has 1 aliphatic carbocycles. The highest BCUT2D eigenvalue weighted by Crippen LogP contribution is 2.53. The number of esters is 2. The molecule has 4 aromatic rings. The van der Waals surface area contributed by atoms with Gasteiger partial charge in [0.1, 0.15) is 11.5 Å². The second kappa shape index (κ2) is 13.5. The van der Waals surface area contributed by atoms with E-state index in [4.69, 9.17) is 14.2 Å². The largest absolute Gasteiger partial charge is 0.456 e. The summed E-state index contributed by atoms with van der Waals surface area (Å²) in [6.07, 6.45) is 1.75. The first-order valence-electron chi connectivity index (χ1n) is 16.3. The molecule has 1 N–H and O–H groups in total. The van der Waals surface area contributed by atoms with Gasteiger partial charge in [-0.3, -0.25) is 4.79 Å². The van der Waals surface area contributed by atoms with Crippen LogP contribution in [0.1, 0.15) is 77.7 Å². The van der Waals surface area contributed by atoms with Crippen LogP contribution in [-0.2, 0) is 30.3 Å². The van der Waals surface area contributed by atoms with Gasteiger partial charge in [-0.25, -0.2) is 9.59 Å². The number of para-hydroxylation sites is 1. The topological polar surface area (TPSA) is 99.1 Å².